The number of para-hydroxylation sites is 1. The highest BCUT2D eigenvalue weighted by molar-refractivity contribution is 5.83. The van der Waals surface area contributed by atoms with Crippen molar-refractivity contribution >= 4 is 5.91 Å². The van der Waals surface area contributed by atoms with E-state index < -0.39 is 0 Å². The van der Waals surface area contributed by atoms with Crippen LogP contribution in [-0.4, -0.2) is 30.8 Å². The van der Waals surface area contributed by atoms with E-state index in [0.717, 1.165) is 17.7 Å². The zero-order valence-electron chi connectivity index (χ0n) is 11.4. The van der Waals surface area contributed by atoms with Crippen LogP contribution >= 0.6 is 0 Å². The molecule has 2 N–H and O–H groups in total. The number of rotatable bonds is 6. The van der Waals surface area contributed by atoms with Gasteiger partial charge in [-0.2, -0.15) is 0 Å². The fourth-order valence-electron chi connectivity index (χ4n) is 2.42. The number of aliphatic hydroxyl groups excluding tert-OH is 1. The minimum Gasteiger partial charge on any atom is -0.496 e. The molecule has 0 aromatic heterocycles. The average Bonchev–Trinajstić information content (AvgIpc) is 3.19. The van der Waals surface area contributed by atoms with Gasteiger partial charge in [0.25, 0.3) is 0 Å². The van der Waals surface area contributed by atoms with Crippen molar-refractivity contribution in [3.8, 4) is 5.75 Å². The number of methoxy groups -OCH3 is 1. The van der Waals surface area contributed by atoms with Gasteiger partial charge in [0, 0.05) is 18.6 Å². The van der Waals surface area contributed by atoms with Crippen molar-refractivity contribution in [3.63, 3.8) is 0 Å². The molecule has 4 heteroatoms. The normalized spacial score (nSPS) is 22.7. The largest absolute Gasteiger partial charge is 0.496 e. The van der Waals surface area contributed by atoms with Gasteiger partial charge in [0.2, 0.25) is 5.91 Å². The van der Waals surface area contributed by atoms with Gasteiger partial charge in [0.15, 0.2) is 0 Å². The summed E-state index contributed by atoms with van der Waals surface area (Å²) in [7, 11) is 1.65. The number of hydrogen-bond donors (Lipinski definition) is 2. The van der Waals surface area contributed by atoms with Crippen LogP contribution in [0.2, 0.25) is 0 Å². The molecular formula is C15H21NO3. The molecule has 0 saturated heterocycles. The number of aliphatic hydroxyl groups is 1. The van der Waals surface area contributed by atoms with E-state index in [4.69, 9.17) is 9.84 Å². The molecule has 0 bridgehead atoms. The second-order valence-corrected chi connectivity index (χ2v) is 5.11. The van der Waals surface area contributed by atoms with Crippen molar-refractivity contribution in [2.45, 2.75) is 31.7 Å². The molecule has 1 amide bonds. The van der Waals surface area contributed by atoms with Crippen molar-refractivity contribution < 1.29 is 14.6 Å². The summed E-state index contributed by atoms with van der Waals surface area (Å²) in [4.78, 5) is 12.0. The Morgan fingerprint density at radius 3 is 2.95 bits per heavy atom. The van der Waals surface area contributed by atoms with Crippen LogP contribution in [0.4, 0.5) is 0 Å². The first-order valence-electron chi connectivity index (χ1n) is 6.71. The maximum atomic E-state index is 12.0. The Hall–Kier alpha value is -1.55. The molecule has 104 valence electrons. The Kier molecular flexibility index (Phi) is 4.43. The Morgan fingerprint density at radius 1 is 1.53 bits per heavy atom. The molecule has 0 heterocycles. The molecule has 1 aromatic rings. The minimum absolute atomic E-state index is 0.0245. The Bertz CT molecular complexity index is 447. The zero-order valence-corrected chi connectivity index (χ0v) is 11.4. The molecule has 1 aliphatic rings. The number of hydrogen-bond acceptors (Lipinski definition) is 3. The lowest BCUT2D eigenvalue weighted by Gasteiger charge is -2.12. The highest BCUT2D eigenvalue weighted by Crippen LogP contribution is 2.50. The van der Waals surface area contributed by atoms with E-state index in [9.17, 15) is 4.79 Å². The van der Waals surface area contributed by atoms with Gasteiger partial charge >= 0.3 is 0 Å². The quantitative estimate of drug-likeness (QED) is 0.821. The van der Waals surface area contributed by atoms with Crippen LogP contribution in [0.15, 0.2) is 24.3 Å². The van der Waals surface area contributed by atoms with E-state index >= 15 is 0 Å². The Morgan fingerprint density at radius 2 is 2.26 bits per heavy atom. The van der Waals surface area contributed by atoms with Crippen LogP contribution in [0.3, 0.4) is 0 Å². The summed E-state index contributed by atoms with van der Waals surface area (Å²) < 4.78 is 5.33. The van der Waals surface area contributed by atoms with Crippen molar-refractivity contribution in [1.29, 1.82) is 0 Å². The van der Waals surface area contributed by atoms with Crippen molar-refractivity contribution in [3.05, 3.63) is 29.8 Å². The SMILES string of the molecule is COc1ccccc1[C@@H]1C[C@@H]1C(=O)N[C@H](C)CCO. The second kappa shape index (κ2) is 6.06. The highest BCUT2D eigenvalue weighted by Gasteiger charge is 2.45. The first kappa shape index (κ1) is 13.9. The number of amides is 1. The molecule has 0 unspecified atom stereocenters. The summed E-state index contributed by atoms with van der Waals surface area (Å²) >= 11 is 0. The molecule has 0 spiro atoms. The molecule has 3 atom stereocenters. The molecular weight excluding hydrogens is 242 g/mol. The standard InChI is InChI=1S/C15H21NO3/c1-10(7-8-17)16-15(18)13-9-12(13)11-5-3-4-6-14(11)19-2/h3-6,10,12-13,17H,7-9H2,1-2H3,(H,16,18)/t10-,12+,13+/m1/s1. The molecule has 19 heavy (non-hydrogen) atoms. The van der Waals surface area contributed by atoms with Crippen LogP contribution in [0.25, 0.3) is 0 Å². The number of ether oxygens (including phenoxy) is 1. The molecule has 1 saturated carbocycles. The van der Waals surface area contributed by atoms with Gasteiger partial charge in [-0.05, 0) is 37.3 Å². The van der Waals surface area contributed by atoms with Gasteiger partial charge in [-0.15, -0.1) is 0 Å². The Balaban J connectivity index is 1.95. The summed E-state index contributed by atoms with van der Waals surface area (Å²) in [5.74, 6) is 1.23. The smallest absolute Gasteiger partial charge is 0.223 e. The summed E-state index contributed by atoms with van der Waals surface area (Å²) in [5.41, 5.74) is 1.11. The average molecular weight is 263 g/mol. The fraction of sp³-hybridized carbons (Fsp3) is 0.533. The first-order valence-corrected chi connectivity index (χ1v) is 6.71. The van der Waals surface area contributed by atoms with Crippen molar-refractivity contribution in [2.24, 2.45) is 5.92 Å². The maximum absolute atomic E-state index is 12.0. The number of carbonyl (C=O) groups excluding carboxylic acids is 1. The molecule has 4 nitrogen and oxygen atoms in total. The summed E-state index contributed by atoms with van der Waals surface area (Å²) in [6.45, 7) is 2.01. The van der Waals surface area contributed by atoms with Gasteiger partial charge in [-0.25, -0.2) is 0 Å². The van der Waals surface area contributed by atoms with Gasteiger partial charge in [0.05, 0.1) is 7.11 Å². The molecule has 0 aliphatic heterocycles. The third-order valence-corrected chi connectivity index (χ3v) is 3.62. The van der Waals surface area contributed by atoms with E-state index in [-0.39, 0.29) is 30.4 Å². The fourth-order valence-corrected chi connectivity index (χ4v) is 2.42. The lowest BCUT2D eigenvalue weighted by Crippen LogP contribution is -2.34. The summed E-state index contributed by atoms with van der Waals surface area (Å²) in [5, 5.41) is 11.8. The van der Waals surface area contributed by atoms with Crippen LogP contribution in [0.1, 0.15) is 31.2 Å². The minimum atomic E-state index is 0.0245. The highest BCUT2D eigenvalue weighted by atomic mass is 16.5. The molecule has 1 aromatic carbocycles. The zero-order chi connectivity index (χ0) is 13.8. The molecule has 1 aliphatic carbocycles. The molecule has 2 rings (SSSR count). The van der Waals surface area contributed by atoms with Crippen LogP contribution in [0.5, 0.6) is 5.75 Å². The predicted molar refractivity (Wildman–Crippen MR) is 73.1 cm³/mol. The number of benzene rings is 1. The van der Waals surface area contributed by atoms with Crippen LogP contribution in [-0.2, 0) is 4.79 Å². The first-order chi connectivity index (χ1) is 9.17. The second-order valence-electron chi connectivity index (χ2n) is 5.11. The van der Waals surface area contributed by atoms with E-state index in [0.29, 0.717) is 6.42 Å². The van der Waals surface area contributed by atoms with Crippen molar-refractivity contribution in [1.82, 2.24) is 5.32 Å². The molecule has 0 radical (unpaired) electrons. The number of nitrogens with one attached hydrogen (secondary N) is 1. The molecule has 1 fully saturated rings. The number of carbonyl (C=O) groups is 1. The Labute approximate surface area is 113 Å². The van der Waals surface area contributed by atoms with Crippen LogP contribution < -0.4 is 10.1 Å². The van der Waals surface area contributed by atoms with Crippen molar-refractivity contribution in [2.75, 3.05) is 13.7 Å². The lowest BCUT2D eigenvalue weighted by molar-refractivity contribution is -0.123. The lowest BCUT2D eigenvalue weighted by atomic mass is 10.1. The maximum Gasteiger partial charge on any atom is 0.223 e. The van der Waals surface area contributed by atoms with E-state index in [2.05, 4.69) is 5.32 Å². The summed E-state index contributed by atoms with van der Waals surface area (Å²) in [6, 6.07) is 7.88. The van der Waals surface area contributed by atoms with E-state index in [1.807, 2.05) is 31.2 Å². The third kappa shape index (κ3) is 3.26. The predicted octanol–water partition coefficient (Wildman–Crippen LogP) is 1.69. The third-order valence-electron chi connectivity index (χ3n) is 3.62. The monoisotopic (exact) mass is 263 g/mol. The van der Waals surface area contributed by atoms with Gasteiger partial charge in [0.1, 0.15) is 5.75 Å². The topological polar surface area (TPSA) is 58.6 Å². The van der Waals surface area contributed by atoms with E-state index in [1.54, 1.807) is 7.11 Å². The van der Waals surface area contributed by atoms with E-state index in [1.165, 1.54) is 0 Å². The van der Waals surface area contributed by atoms with Gasteiger partial charge < -0.3 is 15.2 Å². The van der Waals surface area contributed by atoms with Gasteiger partial charge in [-0.1, -0.05) is 18.2 Å². The summed E-state index contributed by atoms with van der Waals surface area (Å²) in [6.07, 6.45) is 1.47. The van der Waals surface area contributed by atoms with Crippen LogP contribution in [0, 0.1) is 5.92 Å². The van der Waals surface area contributed by atoms with Gasteiger partial charge in [-0.3, -0.25) is 4.79 Å².